The summed E-state index contributed by atoms with van der Waals surface area (Å²) in [5.74, 6) is 2.50. The lowest BCUT2D eigenvalue weighted by atomic mass is 9.77. The molecular weight excluding hydrogens is 505 g/mol. The highest BCUT2D eigenvalue weighted by molar-refractivity contribution is 5.28. The zero-order valence-corrected chi connectivity index (χ0v) is 24.2. The Morgan fingerprint density at radius 3 is 1.80 bits per heavy atom. The van der Waals surface area contributed by atoms with Gasteiger partial charge in [0.15, 0.2) is 0 Å². The van der Waals surface area contributed by atoms with Crippen LogP contribution in [-0.4, -0.2) is 6.11 Å². The van der Waals surface area contributed by atoms with Crippen LogP contribution in [0.1, 0.15) is 124 Å². The van der Waals surface area contributed by atoms with E-state index in [1.54, 1.807) is 0 Å². The Morgan fingerprint density at radius 2 is 1.30 bits per heavy atom. The van der Waals surface area contributed by atoms with Crippen LogP contribution >= 0.6 is 0 Å². The van der Waals surface area contributed by atoms with Gasteiger partial charge in [0, 0.05) is 0 Å². The predicted octanol–water partition coefficient (Wildman–Crippen LogP) is 11.4. The van der Waals surface area contributed by atoms with Gasteiger partial charge in [-0.15, -0.1) is 6.58 Å². The normalized spacial score (nSPS) is 24.7. The summed E-state index contributed by atoms with van der Waals surface area (Å²) in [6.45, 7) is 5.56. The average molecular weight is 553 g/mol. The molecule has 4 heteroatoms. The Morgan fingerprint density at radius 1 is 0.800 bits per heavy atom. The molecule has 0 spiro atoms. The summed E-state index contributed by atoms with van der Waals surface area (Å²) in [6, 6.07) is 14.4. The fourth-order valence-electron chi connectivity index (χ4n) is 6.69. The van der Waals surface area contributed by atoms with Crippen molar-refractivity contribution >= 4 is 0 Å². The largest absolute Gasteiger partial charge is 0.391 e. The standard InChI is InChI=1S/C36H47F3O/c1-3-5-7-9-28-12-18-31(19-13-28)33-22-24-34(25-23-33)35(37)36(38,39)40-26-29-14-20-32(21-15-29)30-16-10-27(11-17-30)8-6-4-2/h3-5,14-15,20-25,27-28,30-31,35H,2,6-13,16-19,26H2,1H3/b5-3+. The number of benzene rings is 2. The molecule has 2 aromatic rings. The van der Waals surface area contributed by atoms with E-state index < -0.39 is 12.3 Å². The maximum Gasteiger partial charge on any atom is 0.391 e. The van der Waals surface area contributed by atoms with E-state index in [4.69, 9.17) is 4.74 Å². The van der Waals surface area contributed by atoms with Gasteiger partial charge in [0.2, 0.25) is 6.17 Å². The van der Waals surface area contributed by atoms with Crippen molar-refractivity contribution in [1.29, 1.82) is 0 Å². The van der Waals surface area contributed by atoms with E-state index in [0.29, 0.717) is 17.4 Å². The van der Waals surface area contributed by atoms with Gasteiger partial charge >= 0.3 is 6.11 Å². The van der Waals surface area contributed by atoms with Gasteiger partial charge in [-0.05, 0) is 130 Å². The van der Waals surface area contributed by atoms with Crippen LogP contribution in [0, 0.1) is 11.8 Å². The van der Waals surface area contributed by atoms with E-state index in [-0.39, 0.29) is 12.2 Å². The molecule has 0 amide bonds. The zero-order chi connectivity index (χ0) is 28.4. The molecule has 0 saturated heterocycles. The first kappa shape index (κ1) is 30.6. The molecule has 4 rings (SSSR count). The van der Waals surface area contributed by atoms with Crippen molar-refractivity contribution < 1.29 is 17.9 Å². The van der Waals surface area contributed by atoms with Crippen LogP contribution in [0.25, 0.3) is 0 Å². The molecule has 2 aliphatic carbocycles. The minimum atomic E-state index is -3.89. The minimum Gasteiger partial charge on any atom is -0.313 e. The first-order valence-electron chi connectivity index (χ1n) is 15.5. The first-order chi connectivity index (χ1) is 19.4. The van der Waals surface area contributed by atoms with Gasteiger partial charge in [0.1, 0.15) is 0 Å². The van der Waals surface area contributed by atoms with Crippen molar-refractivity contribution in [3.8, 4) is 0 Å². The molecule has 2 aliphatic rings. The Labute approximate surface area is 239 Å². The van der Waals surface area contributed by atoms with Gasteiger partial charge in [-0.25, -0.2) is 4.39 Å². The molecule has 1 atom stereocenters. The van der Waals surface area contributed by atoms with Crippen LogP contribution in [-0.2, 0) is 11.3 Å². The average Bonchev–Trinajstić information content (AvgIpc) is 3.00. The van der Waals surface area contributed by atoms with Crippen molar-refractivity contribution in [2.45, 2.75) is 115 Å². The van der Waals surface area contributed by atoms with Crippen LogP contribution in [0.4, 0.5) is 13.2 Å². The van der Waals surface area contributed by atoms with Gasteiger partial charge in [-0.2, -0.15) is 8.78 Å². The Bertz CT molecular complexity index is 1040. The molecule has 218 valence electrons. The summed E-state index contributed by atoms with van der Waals surface area (Å²) in [7, 11) is 0. The molecule has 1 unspecified atom stereocenters. The first-order valence-corrected chi connectivity index (χ1v) is 15.5. The SMILES string of the molecule is C=CCCC1CCC(c2ccc(COC(F)(F)C(F)c3ccc(C4CCC(CC/C=C/C)CC4)cc3)cc2)CC1. The van der Waals surface area contributed by atoms with Crippen molar-refractivity contribution in [2.75, 3.05) is 0 Å². The van der Waals surface area contributed by atoms with E-state index in [2.05, 4.69) is 25.7 Å². The number of hydrogen-bond donors (Lipinski definition) is 0. The van der Waals surface area contributed by atoms with E-state index >= 15 is 0 Å². The monoisotopic (exact) mass is 552 g/mol. The van der Waals surface area contributed by atoms with Crippen molar-refractivity contribution in [1.82, 2.24) is 0 Å². The Hall–Kier alpha value is -2.33. The molecular formula is C36H47F3O. The van der Waals surface area contributed by atoms with E-state index in [0.717, 1.165) is 55.9 Å². The van der Waals surface area contributed by atoms with Crippen molar-refractivity contribution in [3.05, 3.63) is 95.6 Å². The zero-order valence-electron chi connectivity index (χ0n) is 24.2. The maximum absolute atomic E-state index is 14.9. The second-order valence-corrected chi connectivity index (χ2v) is 12.1. The third kappa shape index (κ3) is 8.59. The summed E-state index contributed by atoms with van der Waals surface area (Å²) in [4.78, 5) is 0. The smallest absolute Gasteiger partial charge is 0.313 e. The molecule has 0 radical (unpaired) electrons. The van der Waals surface area contributed by atoms with Gasteiger partial charge in [0.25, 0.3) is 0 Å². The summed E-state index contributed by atoms with van der Waals surface area (Å²) >= 11 is 0. The fraction of sp³-hybridized carbons (Fsp3) is 0.556. The van der Waals surface area contributed by atoms with Crippen LogP contribution in [0.3, 0.4) is 0 Å². The molecule has 2 aromatic carbocycles. The lowest BCUT2D eigenvalue weighted by Gasteiger charge is -2.29. The lowest BCUT2D eigenvalue weighted by Crippen LogP contribution is -2.27. The second kappa shape index (κ2) is 15.1. The second-order valence-electron chi connectivity index (χ2n) is 12.1. The van der Waals surface area contributed by atoms with Crippen molar-refractivity contribution in [2.24, 2.45) is 11.8 Å². The Kier molecular flexibility index (Phi) is 11.5. The fourth-order valence-corrected chi connectivity index (χ4v) is 6.69. The lowest BCUT2D eigenvalue weighted by molar-refractivity contribution is -0.282. The molecule has 0 bridgehead atoms. The highest BCUT2D eigenvalue weighted by atomic mass is 19.3. The van der Waals surface area contributed by atoms with E-state index in [1.807, 2.05) is 42.5 Å². The Balaban J connectivity index is 1.24. The number of hydrogen-bond acceptors (Lipinski definition) is 1. The van der Waals surface area contributed by atoms with Gasteiger partial charge in [-0.1, -0.05) is 66.8 Å². The third-order valence-corrected chi connectivity index (χ3v) is 9.33. The van der Waals surface area contributed by atoms with E-state index in [1.165, 1.54) is 56.2 Å². The van der Waals surface area contributed by atoms with Gasteiger partial charge < -0.3 is 4.74 Å². The molecule has 40 heavy (non-hydrogen) atoms. The van der Waals surface area contributed by atoms with Crippen LogP contribution < -0.4 is 0 Å². The van der Waals surface area contributed by atoms with Crippen LogP contribution in [0.5, 0.6) is 0 Å². The topological polar surface area (TPSA) is 9.23 Å². The third-order valence-electron chi connectivity index (χ3n) is 9.33. The number of rotatable bonds is 13. The molecule has 2 fully saturated rings. The molecule has 0 N–H and O–H groups in total. The molecule has 0 aromatic heterocycles. The number of allylic oxidation sites excluding steroid dienone is 3. The van der Waals surface area contributed by atoms with Gasteiger partial charge in [-0.3, -0.25) is 0 Å². The summed E-state index contributed by atoms with van der Waals surface area (Å²) in [5, 5.41) is 0. The number of ether oxygens (including phenoxy) is 1. The van der Waals surface area contributed by atoms with Gasteiger partial charge in [0.05, 0.1) is 6.61 Å². The molecule has 0 heterocycles. The van der Waals surface area contributed by atoms with Crippen LogP contribution in [0.15, 0.2) is 73.3 Å². The van der Waals surface area contributed by atoms with Crippen LogP contribution in [0.2, 0.25) is 0 Å². The summed E-state index contributed by atoms with van der Waals surface area (Å²) in [5.41, 5.74) is 2.97. The summed E-state index contributed by atoms with van der Waals surface area (Å²) < 4.78 is 49.2. The highest BCUT2D eigenvalue weighted by Crippen LogP contribution is 2.41. The highest BCUT2D eigenvalue weighted by Gasteiger charge is 2.43. The minimum absolute atomic E-state index is 0.0344. The summed E-state index contributed by atoms with van der Waals surface area (Å²) in [6.07, 6.45) is 14.0. The quantitative estimate of drug-likeness (QED) is 0.225. The number of alkyl halides is 3. The maximum atomic E-state index is 14.9. The predicted molar refractivity (Wildman–Crippen MR) is 159 cm³/mol. The molecule has 2 saturated carbocycles. The van der Waals surface area contributed by atoms with E-state index in [9.17, 15) is 13.2 Å². The van der Waals surface area contributed by atoms with Crippen molar-refractivity contribution in [3.63, 3.8) is 0 Å². The number of halogens is 3. The molecule has 0 aliphatic heterocycles. The molecule has 1 nitrogen and oxygen atoms in total.